The molecule has 1 aromatic carbocycles. The highest BCUT2D eigenvalue weighted by molar-refractivity contribution is 8.13. The molecule has 0 saturated heterocycles. The molecule has 1 rings (SSSR count). The van der Waals surface area contributed by atoms with Crippen molar-refractivity contribution in [2.75, 3.05) is 6.61 Å². The Hall–Kier alpha value is -1.41. The summed E-state index contributed by atoms with van der Waals surface area (Å²) in [5.74, 6) is -4.08. The first kappa shape index (κ1) is 16.6. The number of ether oxygens (including phenoxy) is 1. The van der Waals surface area contributed by atoms with Crippen molar-refractivity contribution in [1.29, 1.82) is 0 Å². The Morgan fingerprint density at radius 1 is 1.25 bits per heavy atom. The Labute approximate surface area is 118 Å². The van der Waals surface area contributed by atoms with Crippen molar-refractivity contribution in [2.45, 2.75) is 24.2 Å². The number of rotatable bonds is 7. The lowest BCUT2D eigenvalue weighted by molar-refractivity contribution is -0.137. The molecular formula is C11H11ClF2O5S. The summed E-state index contributed by atoms with van der Waals surface area (Å²) < 4.78 is 53.7. The molecule has 0 amide bonds. The van der Waals surface area contributed by atoms with Gasteiger partial charge in [0.1, 0.15) is 0 Å². The van der Waals surface area contributed by atoms with Crippen LogP contribution in [0.25, 0.3) is 0 Å². The Morgan fingerprint density at radius 2 is 1.80 bits per heavy atom. The number of benzene rings is 1. The number of carbonyl (C=O) groups is 1. The van der Waals surface area contributed by atoms with Crippen molar-refractivity contribution >= 4 is 25.7 Å². The van der Waals surface area contributed by atoms with E-state index in [0.717, 1.165) is 0 Å². The Bertz CT molecular complexity index is 580. The largest absolute Gasteiger partial charge is 0.488 e. The summed E-state index contributed by atoms with van der Waals surface area (Å²) in [5, 5.41) is 8.39. The summed E-state index contributed by atoms with van der Waals surface area (Å²) in [7, 11) is 0.741. The first-order valence-corrected chi connectivity index (χ1v) is 7.81. The van der Waals surface area contributed by atoms with Crippen LogP contribution in [0.15, 0.2) is 17.0 Å². The molecule has 0 bridgehead atoms. The highest BCUT2D eigenvalue weighted by Crippen LogP contribution is 2.27. The first-order chi connectivity index (χ1) is 9.21. The van der Waals surface area contributed by atoms with E-state index in [4.69, 9.17) is 20.5 Å². The fraction of sp³-hybridized carbons (Fsp3) is 0.364. The van der Waals surface area contributed by atoms with Crippen LogP contribution in [0, 0.1) is 11.6 Å². The maximum Gasteiger partial charge on any atom is 0.303 e. The third kappa shape index (κ3) is 4.93. The average molecular weight is 329 g/mol. The molecule has 20 heavy (non-hydrogen) atoms. The zero-order chi connectivity index (χ0) is 15.3. The maximum absolute atomic E-state index is 13.5. The molecule has 1 N–H and O–H groups in total. The van der Waals surface area contributed by atoms with Gasteiger partial charge in [0, 0.05) is 17.1 Å². The molecule has 0 heterocycles. The van der Waals surface area contributed by atoms with E-state index in [1.54, 1.807) is 0 Å². The van der Waals surface area contributed by atoms with Crippen molar-refractivity contribution in [3.63, 3.8) is 0 Å². The summed E-state index contributed by atoms with van der Waals surface area (Å²) >= 11 is 0. The van der Waals surface area contributed by atoms with Crippen LogP contribution in [0.3, 0.4) is 0 Å². The molecule has 0 radical (unpaired) electrons. The van der Waals surface area contributed by atoms with E-state index in [0.29, 0.717) is 25.0 Å². The summed E-state index contributed by atoms with van der Waals surface area (Å²) in [6.45, 7) is -0.0892. The molecule has 0 unspecified atom stereocenters. The fourth-order valence-corrected chi connectivity index (χ4v) is 2.12. The van der Waals surface area contributed by atoms with Crippen LogP contribution in [0.4, 0.5) is 8.78 Å². The number of unbranched alkanes of at least 4 members (excludes halogenated alkanes) is 1. The lowest BCUT2D eigenvalue weighted by Gasteiger charge is -2.09. The van der Waals surface area contributed by atoms with Gasteiger partial charge < -0.3 is 9.84 Å². The van der Waals surface area contributed by atoms with Gasteiger partial charge in [-0.3, -0.25) is 4.79 Å². The van der Waals surface area contributed by atoms with Gasteiger partial charge in [-0.1, -0.05) is 0 Å². The molecule has 9 heteroatoms. The van der Waals surface area contributed by atoms with E-state index in [2.05, 4.69) is 0 Å². The zero-order valence-electron chi connectivity index (χ0n) is 10.1. The van der Waals surface area contributed by atoms with Gasteiger partial charge in [-0.05, 0) is 25.0 Å². The van der Waals surface area contributed by atoms with Gasteiger partial charge in [-0.15, -0.1) is 0 Å². The fourth-order valence-electron chi connectivity index (χ4n) is 1.37. The molecule has 0 aliphatic carbocycles. The zero-order valence-corrected chi connectivity index (χ0v) is 11.7. The SMILES string of the molecule is O=C(O)CCCCOc1c(F)cc(S(=O)(=O)Cl)cc1F. The molecule has 0 aliphatic rings. The molecule has 1 aromatic rings. The number of hydrogen-bond acceptors (Lipinski definition) is 4. The van der Waals surface area contributed by atoms with Crippen LogP contribution in [0.2, 0.25) is 0 Å². The second-order valence-electron chi connectivity index (χ2n) is 3.85. The van der Waals surface area contributed by atoms with Gasteiger partial charge in [-0.25, -0.2) is 17.2 Å². The standard InChI is InChI=1S/C11H11ClF2O5S/c12-20(17,18)7-5-8(13)11(9(14)6-7)19-4-2-1-3-10(15)16/h5-6H,1-4H2,(H,15,16). The van der Waals surface area contributed by atoms with Crippen LogP contribution in [-0.2, 0) is 13.8 Å². The Balaban J connectivity index is 2.70. The van der Waals surface area contributed by atoms with Gasteiger partial charge in [-0.2, -0.15) is 0 Å². The van der Waals surface area contributed by atoms with Crippen molar-refractivity contribution in [2.24, 2.45) is 0 Å². The predicted octanol–water partition coefficient (Wildman–Crippen LogP) is 2.53. The van der Waals surface area contributed by atoms with E-state index < -0.39 is 37.3 Å². The van der Waals surface area contributed by atoms with Crippen LogP contribution >= 0.6 is 10.7 Å². The third-order valence-corrected chi connectivity index (χ3v) is 3.62. The third-order valence-electron chi connectivity index (χ3n) is 2.28. The smallest absolute Gasteiger partial charge is 0.303 e. The van der Waals surface area contributed by atoms with Gasteiger partial charge >= 0.3 is 5.97 Å². The molecule has 112 valence electrons. The van der Waals surface area contributed by atoms with Crippen LogP contribution in [0.5, 0.6) is 5.75 Å². The van der Waals surface area contributed by atoms with Crippen molar-refractivity contribution in [1.82, 2.24) is 0 Å². The van der Waals surface area contributed by atoms with Crippen LogP contribution in [-0.4, -0.2) is 26.1 Å². The quantitative estimate of drug-likeness (QED) is 0.614. The Kier molecular flexibility index (Phi) is 5.70. The number of aliphatic carboxylic acids is 1. The van der Waals surface area contributed by atoms with Crippen molar-refractivity contribution in [3.8, 4) is 5.75 Å². The van der Waals surface area contributed by atoms with Gasteiger partial charge in [0.25, 0.3) is 9.05 Å². The molecule has 0 fully saturated rings. The summed E-state index contributed by atoms with van der Waals surface area (Å²) in [6, 6.07) is 1.11. The number of halogens is 3. The number of hydrogen-bond donors (Lipinski definition) is 1. The molecule has 0 aromatic heterocycles. The minimum Gasteiger partial charge on any atom is -0.488 e. The molecule has 0 aliphatic heterocycles. The van der Waals surface area contributed by atoms with Crippen LogP contribution in [0.1, 0.15) is 19.3 Å². The van der Waals surface area contributed by atoms with Gasteiger partial charge in [0.2, 0.25) is 0 Å². The van der Waals surface area contributed by atoms with Gasteiger partial charge in [0.15, 0.2) is 17.4 Å². The Morgan fingerprint density at radius 3 is 2.25 bits per heavy atom. The van der Waals surface area contributed by atoms with E-state index >= 15 is 0 Å². The minimum absolute atomic E-state index is 0.0717. The van der Waals surface area contributed by atoms with E-state index in [1.165, 1.54) is 0 Å². The predicted molar refractivity (Wildman–Crippen MR) is 66.4 cm³/mol. The van der Waals surface area contributed by atoms with E-state index in [-0.39, 0.29) is 13.0 Å². The number of carboxylic acids is 1. The molecular weight excluding hydrogens is 318 g/mol. The normalized spacial score (nSPS) is 11.3. The van der Waals surface area contributed by atoms with Crippen molar-refractivity contribution in [3.05, 3.63) is 23.8 Å². The summed E-state index contributed by atoms with van der Waals surface area (Å²) in [6.07, 6.45) is 0.519. The maximum atomic E-state index is 13.5. The average Bonchev–Trinajstić information content (AvgIpc) is 2.29. The lowest BCUT2D eigenvalue weighted by atomic mass is 10.2. The summed E-state index contributed by atoms with van der Waals surface area (Å²) in [5.41, 5.74) is 0. The summed E-state index contributed by atoms with van der Waals surface area (Å²) in [4.78, 5) is 9.54. The van der Waals surface area contributed by atoms with E-state index in [1.807, 2.05) is 0 Å². The topological polar surface area (TPSA) is 80.7 Å². The lowest BCUT2D eigenvalue weighted by Crippen LogP contribution is -2.04. The second kappa shape index (κ2) is 6.85. The molecule has 0 saturated carbocycles. The van der Waals surface area contributed by atoms with Crippen molar-refractivity contribution < 1.29 is 31.8 Å². The highest BCUT2D eigenvalue weighted by atomic mass is 35.7. The monoisotopic (exact) mass is 328 g/mol. The second-order valence-corrected chi connectivity index (χ2v) is 6.42. The molecule has 0 spiro atoms. The molecule has 0 atom stereocenters. The first-order valence-electron chi connectivity index (χ1n) is 5.50. The van der Waals surface area contributed by atoms with E-state index in [9.17, 15) is 22.0 Å². The van der Waals surface area contributed by atoms with Gasteiger partial charge in [0.05, 0.1) is 11.5 Å². The van der Waals surface area contributed by atoms with Crippen LogP contribution < -0.4 is 4.74 Å². The molecule has 5 nitrogen and oxygen atoms in total. The highest BCUT2D eigenvalue weighted by Gasteiger charge is 2.18. The minimum atomic E-state index is -4.23. The number of carboxylic acid groups (broad SMARTS) is 1.